The summed E-state index contributed by atoms with van der Waals surface area (Å²) in [6.45, 7) is 2.49. The van der Waals surface area contributed by atoms with Crippen molar-refractivity contribution in [2.24, 2.45) is 0 Å². The molecule has 8 nitrogen and oxygen atoms in total. The second kappa shape index (κ2) is 7.73. The number of likely N-dealkylation sites (N-methyl/N-ethyl adjacent to an activating group) is 1. The number of carbonyl (C=O) groups excluding carboxylic acids is 2. The van der Waals surface area contributed by atoms with Gasteiger partial charge in [-0.15, -0.1) is 0 Å². The molecule has 1 aromatic heterocycles. The van der Waals surface area contributed by atoms with Crippen molar-refractivity contribution in [3.63, 3.8) is 0 Å². The number of pyridine rings is 1. The number of nitrogens with zero attached hydrogens (tertiary/aromatic N) is 2. The maximum Gasteiger partial charge on any atom is 0.339 e. The van der Waals surface area contributed by atoms with Gasteiger partial charge in [-0.05, 0) is 24.6 Å². The number of hydrogen-bond donors (Lipinski definition) is 0. The summed E-state index contributed by atoms with van der Waals surface area (Å²) in [7, 11) is 0. The third-order valence-electron chi connectivity index (χ3n) is 3.91. The molecule has 0 bridgehead atoms. The Kier molecular flexibility index (Phi) is 5.21. The molecule has 8 heteroatoms. The number of aromatic nitrogens is 1. The van der Waals surface area contributed by atoms with Crippen LogP contribution in [0, 0.1) is 5.21 Å². The second-order valence-electron chi connectivity index (χ2n) is 5.62. The largest absolute Gasteiger partial charge is 0.619 e. The summed E-state index contributed by atoms with van der Waals surface area (Å²) in [4.78, 5) is 25.8. The molecule has 0 radical (unpaired) electrons. The number of amides is 1. The lowest BCUT2D eigenvalue weighted by Gasteiger charge is -2.21. The van der Waals surface area contributed by atoms with Crippen LogP contribution in [-0.4, -0.2) is 36.7 Å². The summed E-state index contributed by atoms with van der Waals surface area (Å²) in [6, 6.07) is 8.16. The summed E-state index contributed by atoms with van der Waals surface area (Å²) in [5.41, 5.74) is 1.10. The average Bonchev–Trinajstić information content (AvgIpc) is 3.12. The maximum atomic E-state index is 12.3. The van der Waals surface area contributed by atoms with Crippen LogP contribution in [0.2, 0.25) is 0 Å². The number of esters is 1. The van der Waals surface area contributed by atoms with Gasteiger partial charge in [0.05, 0.1) is 5.56 Å². The van der Waals surface area contributed by atoms with Crippen molar-refractivity contribution >= 4 is 11.9 Å². The van der Waals surface area contributed by atoms with Crippen molar-refractivity contribution in [3.05, 3.63) is 59.1 Å². The molecule has 2 heterocycles. The van der Waals surface area contributed by atoms with Gasteiger partial charge in [0, 0.05) is 25.2 Å². The van der Waals surface area contributed by atoms with Gasteiger partial charge in [0.15, 0.2) is 30.5 Å². The monoisotopic (exact) mass is 358 g/mol. The van der Waals surface area contributed by atoms with Gasteiger partial charge < -0.3 is 24.3 Å². The highest BCUT2D eigenvalue weighted by molar-refractivity contribution is 5.91. The first kappa shape index (κ1) is 17.5. The predicted octanol–water partition coefficient (Wildman–Crippen LogP) is 1.25. The van der Waals surface area contributed by atoms with E-state index in [-0.39, 0.29) is 24.9 Å². The third-order valence-corrected chi connectivity index (χ3v) is 3.91. The van der Waals surface area contributed by atoms with Gasteiger partial charge in [0.1, 0.15) is 0 Å². The van der Waals surface area contributed by atoms with Crippen LogP contribution in [0.1, 0.15) is 22.8 Å². The fraction of sp³-hybridized carbons (Fsp3) is 0.278. The lowest BCUT2D eigenvalue weighted by atomic mass is 10.2. The van der Waals surface area contributed by atoms with Crippen molar-refractivity contribution in [1.29, 1.82) is 0 Å². The molecule has 0 saturated carbocycles. The predicted molar refractivity (Wildman–Crippen MR) is 89.3 cm³/mol. The van der Waals surface area contributed by atoms with Gasteiger partial charge in [-0.3, -0.25) is 4.79 Å². The minimum atomic E-state index is -0.655. The molecule has 3 rings (SSSR count). The Labute approximate surface area is 150 Å². The van der Waals surface area contributed by atoms with E-state index in [9.17, 15) is 14.8 Å². The number of hydrogen-bond acceptors (Lipinski definition) is 6. The Morgan fingerprint density at radius 2 is 1.92 bits per heavy atom. The van der Waals surface area contributed by atoms with Crippen LogP contribution in [0.4, 0.5) is 0 Å². The van der Waals surface area contributed by atoms with Gasteiger partial charge >= 0.3 is 5.97 Å². The zero-order valence-electron chi connectivity index (χ0n) is 14.2. The van der Waals surface area contributed by atoms with Crippen molar-refractivity contribution < 1.29 is 28.5 Å². The van der Waals surface area contributed by atoms with Crippen LogP contribution in [0.25, 0.3) is 0 Å². The molecular formula is C18H18N2O6. The molecule has 136 valence electrons. The topological polar surface area (TPSA) is 92.0 Å². The van der Waals surface area contributed by atoms with Gasteiger partial charge in [0.2, 0.25) is 6.79 Å². The molecule has 2 aromatic rings. The first-order valence-electron chi connectivity index (χ1n) is 8.09. The molecule has 1 aliphatic heterocycles. The standard InChI is InChI=1S/C18H18N2O6/c1-2-19(10-13-3-4-15-16(9-13)26-12-25-15)17(21)11-24-18(22)14-5-7-20(23)8-6-14/h3-9H,2,10-12H2,1H3. The third kappa shape index (κ3) is 4.02. The Balaban J connectivity index is 1.56. The Morgan fingerprint density at radius 3 is 2.65 bits per heavy atom. The number of rotatable bonds is 6. The summed E-state index contributed by atoms with van der Waals surface area (Å²) in [5.74, 6) is 0.364. The van der Waals surface area contributed by atoms with Gasteiger partial charge in [-0.2, -0.15) is 4.73 Å². The number of benzene rings is 1. The van der Waals surface area contributed by atoms with Crippen molar-refractivity contribution in [2.75, 3.05) is 19.9 Å². The molecule has 0 fully saturated rings. The first-order valence-corrected chi connectivity index (χ1v) is 8.09. The van der Waals surface area contributed by atoms with E-state index >= 15 is 0 Å². The van der Waals surface area contributed by atoms with Crippen molar-refractivity contribution in [2.45, 2.75) is 13.5 Å². The molecule has 1 aromatic carbocycles. The lowest BCUT2D eigenvalue weighted by molar-refractivity contribution is -0.605. The number of carbonyl (C=O) groups is 2. The minimum Gasteiger partial charge on any atom is -0.619 e. The van der Waals surface area contributed by atoms with Crippen molar-refractivity contribution in [3.8, 4) is 11.5 Å². The van der Waals surface area contributed by atoms with E-state index < -0.39 is 5.97 Å². The van der Waals surface area contributed by atoms with Gasteiger partial charge in [-0.25, -0.2) is 4.79 Å². The van der Waals surface area contributed by atoms with Crippen molar-refractivity contribution in [1.82, 2.24) is 4.90 Å². The average molecular weight is 358 g/mol. The van der Waals surface area contributed by atoms with E-state index in [1.807, 2.05) is 19.1 Å². The van der Waals surface area contributed by atoms with Crippen LogP contribution in [0.15, 0.2) is 42.7 Å². The molecular weight excluding hydrogens is 340 g/mol. The SMILES string of the molecule is CCN(Cc1ccc2c(c1)OCO2)C(=O)COC(=O)c1cc[n+]([O-])cc1. The Morgan fingerprint density at radius 1 is 1.19 bits per heavy atom. The molecule has 1 amide bonds. The van der Waals surface area contributed by atoms with Gasteiger partial charge in [0.25, 0.3) is 5.91 Å². The van der Waals surface area contributed by atoms with E-state index in [4.69, 9.17) is 14.2 Å². The fourth-order valence-electron chi connectivity index (χ4n) is 2.49. The zero-order chi connectivity index (χ0) is 18.5. The minimum absolute atomic E-state index is 0.191. The summed E-state index contributed by atoms with van der Waals surface area (Å²) < 4.78 is 16.2. The van der Waals surface area contributed by atoms with E-state index in [1.165, 1.54) is 24.5 Å². The van der Waals surface area contributed by atoms with E-state index in [2.05, 4.69) is 0 Å². The molecule has 0 spiro atoms. The highest BCUT2D eigenvalue weighted by atomic mass is 16.7. The number of fused-ring (bicyclic) bond motifs is 1. The fourth-order valence-corrected chi connectivity index (χ4v) is 2.49. The maximum absolute atomic E-state index is 12.3. The van der Waals surface area contributed by atoms with E-state index in [0.29, 0.717) is 29.3 Å². The van der Waals surface area contributed by atoms with Crippen LogP contribution >= 0.6 is 0 Å². The highest BCUT2D eigenvalue weighted by Gasteiger charge is 2.18. The summed E-state index contributed by atoms with van der Waals surface area (Å²) in [5, 5.41) is 11.0. The quantitative estimate of drug-likeness (QED) is 0.438. The molecule has 0 atom stereocenters. The number of ether oxygens (including phenoxy) is 3. The van der Waals surface area contributed by atoms with Crippen LogP contribution in [0.3, 0.4) is 0 Å². The molecule has 0 unspecified atom stereocenters. The molecule has 0 saturated heterocycles. The Bertz CT molecular complexity index is 806. The second-order valence-corrected chi connectivity index (χ2v) is 5.62. The molecule has 0 aliphatic carbocycles. The molecule has 0 N–H and O–H groups in total. The van der Waals surface area contributed by atoms with E-state index in [1.54, 1.807) is 11.0 Å². The highest BCUT2D eigenvalue weighted by Crippen LogP contribution is 2.32. The smallest absolute Gasteiger partial charge is 0.339 e. The van der Waals surface area contributed by atoms with Gasteiger partial charge in [-0.1, -0.05) is 6.07 Å². The summed E-state index contributed by atoms with van der Waals surface area (Å²) in [6.07, 6.45) is 2.38. The normalized spacial score (nSPS) is 11.9. The molecule has 26 heavy (non-hydrogen) atoms. The van der Waals surface area contributed by atoms with Crippen LogP contribution in [0.5, 0.6) is 11.5 Å². The lowest BCUT2D eigenvalue weighted by Crippen LogP contribution is -2.34. The van der Waals surface area contributed by atoms with Crippen LogP contribution < -0.4 is 14.2 Å². The van der Waals surface area contributed by atoms with E-state index in [0.717, 1.165) is 5.56 Å². The van der Waals surface area contributed by atoms with Crippen LogP contribution in [-0.2, 0) is 16.1 Å². The molecule has 1 aliphatic rings. The zero-order valence-corrected chi connectivity index (χ0v) is 14.2. The Hall–Kier alpha value is -3.29. The first-order chi connectivity index (χ1) is 12.6. The summed E-state index contributed by atoms with van der Waals surface area (Å²) >= 11 is 0.